The van der Waals surface area contributed by atoms with E-state index in [1.165, 1.54) is 60.7 Å². The van der Waals surface area contributed by atoms with Crippen LogP contribution < -0.4 is 63.3 Å². The zero-order valence-electron chi connectivity index (χ0n) is 66.7. The molecule has 0 radical (unpaired) electrons. The van der Waals surface area contributed by atoms with E-state index in [-0.39, 0.29) is 84.4 Å². The zero-order chi connectivity index (χ0) is 85.9. The molecule has 0 fully saturated rings. The summed E-state index contributed by atoms with van der Waals surface area (Å²) in [5, 5.41) is 2.21. The molecule has 126 heavy (non-hydrogen) atoms. The average Bonchev–Trinajstić information content (AvgIpc) is 1.63. The summed E-state index contributed by atoms with van der Waals surface area (Å²) in [6.07, 6.45) is 0. The van der Waals surface area contributed by atoms with Crippen molar-refractivity contribution in [2.45, 2.75) is 58.7 Å². The molecule has 1 N–H and O–H groups in total. The van der Waals surface area contributed by atoms with Gasteiger partial charge in [0.05, 0.1) is 97.0 Å². The SMILES string of the molecule is O=S1c2ccc(-c3ccc(-c4ccccc4)cc3)cc2-c2cc(S(=O)(=O)O)ccc21.O=S1c2ccc(-c3ccc(-c4ccccc4)cc3)cc2-c2cc(S(=O)(=O)Oc3ccccc3)ccc21.O=S1c2ccc(-c3ccc(-c4ccccc4)cc3)cc2-c2cc(S(=O)(=O)[O-])ccc21.O=S1c2ccc(-c3cccc4ccccc34)cc2-c2cc(S(=O)(=O)[O-])ccc21.[Na+].[Na+]. The van der Waals surface area contributed by atoms with E-state index in [0.29, 0.717) is 72.5 Å². The van der Waals surface area contributed by atoms with Crippen molar-refractivity contribution in [3.05, 3.63) is 382 Å². The number of rotatable bonds is 13. The Morgan fingerprint density at radius 3 is 0.802 bits per heavy atom. The third kappa shape index (κ3) is 18.0. The first-order chi connectivity index (χ1) is 59.8. The van der Waals surface area contributed by atoms with Crippen LogP contribution in [-0.2, 0) is 83.7 Å². The van der Waals surface area contributed by atoms with Crippen LogP contribution in [0.4, 0.5) is 0 Å². The standard InChI is InChI=1S/C30H20O4S2.2C24H16O4S2.C22H14O4S2.2Na/c31-35-29-17-15-24(23-13-11-22(12-14-23)21-7-3-1-4-8-21)19-27(29)28-20-26(16-18-30(28)35)36(32,33)34-25-9-5-2-6-10-25;2*25-29-23-12-10-19(18-8-6-17(7-9-18)16-4-2-1-3-5-16)14-21(23)22-15-20(30(26,27)28)11-13-24(22)29;23-27-21-10-8-15(18-7-3-5-14-4-1-2-6-17(14)18)12-19(21)20-13-16(28(24,25)26)9-11-22(20)27;;/h1-20H;2*1-15H,(H,26,27,28);1-13H,(H,24,25,26);;/q;;;;2*+1/p-2. The summed E-state index contributed by atoms with van der Waals surface area (Å²) in [6, 6.07) is 117. The Hall–Kier alpha value is -10.9. The minimum atomic E-state index is -4.59. The second-order valence-corrected chi connectivity index (χ2v) is 40.5. The van der Waals surface area contributed by atoms with Gasteiger partial charge < -0.3 is 13.3 Å². The molecule has 4 atom stereocenters. The van der Waals surface area contributed by atoms with Crippen LogP contribution in [0.1, 0.15) is 0 Å². The summed E-state index contributed by atoms with van der Waals surface area (Å²) in [4.78, 5) is 3.94. The van der Waals surface area contributed by atoms with Crippen molar-refractivity contribution in [1.29, 1.82) is 0 Å². The Morgan fingerprint density at radius 1 is 0.222 bits per heavy atom. The molecule has 4 heterocycles. The Bertz CT molecular complexity index is 7560. The Kier molecular flexibility index (Phi) is 25.6. The molecule has 0 saturated heterocycles. The normalized spacial score (nSPS) is 14.6. The van der Waals surface area contributed by atoms with Crippen LogP contribution in [0.5, 0.6) is 5.75 Å². The third-order valence-electron chi connectivity index (χ3n) is 21.7. The summed E-state index contributed by atoms with van der Waals surface area (Å²) in [7, 11) is -23.1. The number of benzene rings is 17. The first kappa shape index (κ1) is 88.5. The van der Waals surface area contributed by atoms with Gasteiger partial charge in [-0.25, -0.2) is 33.7 Å². The molecular formula is C100H64Na2O16S8. The minimum Gasteiger partial charge on any atom is -0.744 e. The van der Waals surface area contributed by atoms with Gasteiger partial charge in [0.1, 0.15) is 30.9 Å². The number of fused-ring (bicyclic) bond motifs is 13. The van der Waals surface area contributed by atoms with Gasteiger partial charge in [0.15, 0.2) is 0 Å². The summed E-state index contributed by atoms with van der Waals surface area (Å²) >= 11 is 0. The summed E-state index contributed by atoms with van der Waals surface area (Å²) in [5.74, 6) is 0.239. The van der Waals surface area contributed by atoms with Gasteiger partial charge in [-0.3, -0.25) is 4.55 Å². The van der Waals surface area contributed by atoms with Crippen LogP contribution in [0, 0.1) is 0 Å². The summed E-state index contributed by atoms with van der Waals surface area (Å²) in [5.41, 5.74) is 19.7. The topological polar surface area (TPSA) is 280 Å². The van der Waals surface area contributed by atoms with Crippen LogP contribution in [0.25, 0.3) is 133 Å². The molecule has 0 bridgehead atoms. The maximum atomic E-state index is 13.1. The van der Waals surface area contributed by atoms with Crippen molar-refractivity contribution in [2.75, 3.05) is 0 Å². The van der Waals surface area contributed by atoms with Gasteiger partial charge in [0.2, 0.25) is 0 Å². The van der Waals surface area contributed by atoms with Crippen molar-refractivity contribution >= 4 is 94.4 Å². The second kappa shape index (κ2) is 36.4. The summed E-state index contributed by atoms with van der Waals surface area (Å²) in [6.45, 7) is 0. The Morgan fingerprint density at radius 2 is 0.460 bits per heavy atom. The second-order valence-electron chi connectivity index (χ2n) is 29.1. The zero-order valence-corrected chi connectivity index (χ0v) is 77.2. The van der Waals surface area contributed by atoms with Crippen LogP contribution in [-0.4, -0.2) is 64.2 Å². The van der Waals surface area contributed by atoms with Gasteiger partial charge in [-0.1, -0.05) is 249 Å². The van der Waals surface area contributed by atoms with Gasteiger partial charge in [-0.15, -0.1) is 0 Å². The van der Waals surface area contributed by atoms with E-state index >= 15 is 0 Å². The molecule has 610 valence electrons. The van der Waals surface area contributed by atoms with Crippen molar-refractivity contribution < 1.29 is 127 Å². The monoisotopic (exact) mass is 1820 g/mol. The molecule has 0 saturated carbocycles. The van der Waals surface area contributed by atoms with E-state index in [1.807, 2.05) is 200 Å². The van der Waals surface area contributed by atoms with Crippen LogP contribution in [0.2, 0.25) is 0 Å². The van der Waals surface area contributed by atoms with E-state index in [0.717, 1.165) is 99.8 Å². The molecule has 4 unspecified atom stereocenters. The Labute approximate surface area is 782 Å². The molecule has 17 aromatic rings. The molecule has 4 aliphatic rings. The maximum Gasteiger partial charge on any atom is 1.00 e. The van der Waals surface area contributed by atoms with Gasteiger partial charge in [-0.2, -0.15) is 16.8 Å². The molecule has 0 aliphatic carbocycles. The van der Waals surface area contributed by atoms with Gasteiger partial charge in [0, 0.05) is 44.5 Å². The fourth-order valence-corrected chi connectivity index (χ4v) is 23.4. The number of hydrogen-bond acceptors (Lipinski definition) is 15. The van der Waals surface area contributed by atoms with Crippen LogP contribution >= 0.6 is 0 Å². The van der Waals surface area contributed by atoms with Gasteiger partial charge in [-0.05, 0) is 222 Å². The predicted molar refractivity (Wildman–Crippen MR) is 482 cm³/mol. The smallest absolute Gasteiger partial charge is 0.744 e. The fourth-order valence-electron chi connectivity index (χ4n) is 15.5. The molecule has 17 aromatic carbocycles. The Balaban J connectivity index is 0.000000124. The largest absolute Gasteiger partial charge is 1.00 e. The quantitative estimate of drug-likeness (QED) is 0.0638. The van der Waals surface area contributed by atoms with Crippen molar-refractivity contribution in [2.24, 2.45) is 0 Å². The average molecular weight is 1820 g/mol. The van der Waals surface area contributed by atoms with Crippen LogP contribution in [0.15, 0.2) is 441 Å². The molecule has 21 rings (SSSR count). The summed E-state index contributed by atoms with van der Waals surface area (Å²) < 4.78 is 184. The molecule has 16 nitrogen and oxygen atoms in total. The van der Waals surface area contributed by atoms with Crippen molar-refractivity contribution in [3.63, 3.8) is 0 Å². The van der Waals surface area contributed by atoms with Crippen molar-refractivity contribution in [3.8, 4) is 128 Å². The van der Waals surface area contributed by atoms with Gasteiger partial charge in [0.25, 0.3) is 10.1 Å². The predicted octanol–water partition coefficient (Wildman–Crippen LogP) is 16.0. The fraction of sp³-hybridized carbons (Fsp3) is 0. The third-order valence-corrected chi connectivity index (χ3v) is 31.5. The molecule has 0 spiro atoms. The molecule has 0 aromatic heterocycles. The first-order valence-electron chi connectivity index (χ1n) is 38.4. The molecule has 0 amide bonds. The van der Waals surface area contributed by atoms with E-state index in [4.69, 9.17) is 4.18 Å². The van der Waals surface area contributed by atoms with E-state index in [9.17, 15) is 64.2 Å². The minimum absolute atomic E-state index is 0. The molecule has 4 aliphatic heterocycles. The molecule has 26 heteroatoms. The van der Waals surface area contributed by atoms with E-state index in [2.05, 4.69) is 72.8 Å². The first-order valence-corrected chi connectivity index (χ1v) is 48.7. The number of hydrogen-bond donors (Lipinski definition) is 1. The van der Waals surface area contributed by atoms with Gasteiger partial charge >= 0.3 is 69.2 Å². The van der Waals surface area contributed by atoms with E-state index < -0.39 is 83.7 Å². The molecular weight excluding hydrogens is 1760 g/mol. The maximum absolute atomic E-state index is 13.1. The van der Waals surface area contributed by atoms with E-state index in [1.54, 1.807) is 48.5 Å². The van der Waals surface area contributed by atoms with Crippen LogP contribution in [0.3, 0.4) is 0 Å². The number of para-hydroxylation sites is 1. The van der Waals surface area contributed by atoms with Crippen molar-refractivity contribution in [1.82, 2.24) is 0 Å².